The van der Waals surface area contributed by atoms with Crippen molar-refractivity contribution < 1.29 is 45.1 Å². The Balaban J connectivity index is 0.959. The maximum Gasteiger partial charge on any atom is 0.329 e. The van der Waals surface area contributed by atoms with Gasteiger partial charge in [0.1, 0.15) is 11.6 Å². The number of pyridine rings is 4. The SMILES string of the molecule is CCCCC(CCCC)c1cc[n+](CC(=O)Nc2c(C)ccc(S(=O)(=O)Nc3ccc(NNC(=O)C(=O)NNc4ccc(NS(=O)(=O)c5ccc(C)c(NC(=O)C[n+]6ccc(C(CCCC)CCCC)cc6)c5C)cn4)nc3)c2C)cc1. The van der Waals surface area contributed by atoms with E-state index in [4.69, 9.17) is 0 Å². The molecule has 20 nitrogen and oxygen atoms in total. The van der Waals surface area contributed by atoms with Crippen LogP contribution in [-0.4, -0.2) is 50.4 Å². The third-order valence-electron chi connectivity index (χ3n) is 14.3. The summed E-state index contributed by atoms with van der Waals surface area (Å²) in [4.78, 5) is 60.0. The number of aryl methyl sites for hydroxylation is 2. The van der Waals surface area contributed by atoms with Crippen molar-refractivity contribution in [3.63, 3.8) is 0 Å². The second-order valence-electron chi connectivity index (χ2n) is 20.7. The number of hydrazine groups is 2. The molecule has 0 spiro atoms. The third kappa shape index (κ3) is 18.0. The molecule has 4 amide bonds. The Hall–Kier alpha value is -7.98. The zero-order valence-corrected chi connectivity index (χ0v) is 50.0. The number of rotatable bonds is 30. The molecule has 6 aromatic rings. The first-order chi connectivity index (χ1) is 39.2. The summed E-state index contributed by atoms with van der Waals surface area (Å²) in [5.41, 5.74) is 15.0. The molecule has 0 saturated heterocycles. The number of carbonyl (C=O) groups excluding carboxylic acids is 4. The molecule has 82 heavy (non-hydrogen) atoms. The summed E-state index contributed by atoms with van der Waals surface area (Å²) >= 11 is 0. The number of benzene rings is 2. The molecule has 8 N–H and O–H groups in total. The molecule has 22 heteroatoms. The summed E-state index contributed by atoms with van der Waals surface area (Å²) < 4.78 is 63.3. The lowest BCUT2D eigenvalue weighted by Gasteiger charge is -2.17. The largest absolute Gasteiger partial charge is 0.329 e. The normalized spacial score (nSPS) is 11.5. The number of carbonyl (C=O) groups is 4. The summed E-state index contributed by atoms with van der Waals surface area (Å²) in [6, 6.07) is 20.0. The van der Waals surface area contributed by atoms with Crippen LogP contribution in [0.15, 0.2) is 120 Å². The molecular formula is C60H80N12O8S2+2. The first-order valence-corrected chi connectivity index (χ1v) is 31.1. The number of aromatic nitrogens is 4. The predicted octanol–water partition coefficient (Wildman–Crippen LogP) is 9.68. The van der Waals surface area contributed by atoms with Gasteiger partial charge in [-0.15, -0.1) is 0 Å². The maximum atomic E-state index is 13.7. The highest BCUT2D eigenvalue weighted by Gasteiger charge is 2.25. The van der Waals surface area contributed by atoms with Crippen molar-refractivity contribution in [2.45, 2.75) is 167 Å². The second-order valence-corrected chi connectivity index (χ2v) is 24.0. The highest BCUT2D eigenvalue weighted by molar-refractivity contribution is 7.93. The van der Waals surface area contributed by atoms with Crippen molar-refractivity contribution in [1.82, 2.24) is 20.8 Å². The molecule has 2 aromatic carbocycles. The highest BCUT2D eigenvalue weighted by Crippen LogP contribution is 2.32. The van der Waals surface area contributed by atoms with Crippen molar-refractivity contribution in [2.75, 3.05) is 30.9 Å². The number of hydrogen-bond acceptors (Lipinski definition) is 12. The van der Waals surface area contributed by atoms with Gasteiger partial charge >= 0.3 is 11.8 Å². The van der Waals surface area contributed by atoms with Gasteiger partial charge in [0.2, 0.25) is 13.1 Å². The van der Waals surface area contributed by atoms with Gasteiger partial charge in [0.05, 0.1) is 33.6 Å². The number of nitrogens with one attached hydrogen (secondary N) is 8. The minimum atomic E-state index is -4.17. The number of amides is 4. The third-order valence-corrected chi connectivity index (χ3v) is 17.3. The minimum absolute atomic E-state index is 0.0395. The first-order valence-electron chi connectivity index (χ1n) is 28.1. The van der Waals surface area contributed by atoms with Gasteiger partial charge in [-0.05, 0) is 135 Å². The van der Waals surface area contributed by atoms with E-state index in [0.717, 1.165) is 51.4 Å². The minimum Gasteiger partial charge on any atom is -0.320 e. The van der Waals surface area contributed by atoms with Crippen LogP contribution in [0.3, 0.4) is 0 Å². The van der Waals surface area contributed by atoms with Crippen molar-refractivity contribution in [2.24, 2.45) is 0 Å². The predicted molar refractivity (Wildman–Crippen MR) is 320 cm³/mol. The average Bonchev–Trinajstić information content (AvgIpc) is 3.64. The standard InChI is InChI=1S/C60H78N12O8S2/c1-9-13-17-45(18-14-10-2)47-29-33-71(34-30-47)39-55(73)63-57-41(5)21-25-51(43(57)7)81(77,78)69-49-23-27-53(61-37-49)65-67-59(75)60(76)68-66-54-28-24-50(38-62-54)70-82(79,80)52-26-22-42(6)58(44(52)8)64-56(74)40-72-35-31-48(32-36-72)46(19-15-11-3)20-16-12-4/h21-38,45-46H,9-20,39-40H2,1-8H3,(H6-2,61,62,63,64,65,66,67,68,69,70,73,74,75,76)/p+2. The Morgan fingerprint density at radius 3 is 1.12 bits per heavy atom. The molecule has 0 fully saturated rings. The zero-order chi connectivity index (χ0) is 59.4. The lowest BCUT2D eigenvalue weighted by atomic mass is 9.90. The number of sulfonamides is 2. The molecule has 6 rings (SSSR count). The molecular weight excluding hydrogens is 1080 g/mol. The van der Waals surface area contributed by atoms with E-state index in [1.165, 1.54) is 85.6 Å². The fourth-order valence-electron chi connectivity index (χ4n) is 9.59. The Morgan fingerprint density at radius 2 is 0.817 bits per heavy atom. The van der Waals surface area contributed by atoms with Gasteiger partial charge in [-0.1, -0.05) is 91.2 Å². The average molecular weight is 1160 g/mol. The Labute approximate surface area is 483 Å². The lowest BCUT2D eigenvalue weighted by molar-refractivity contribution is -0.684. The van der Waals surface area contributed by atoms with Gasteiger partial charge in [0.25, 0.3) is 31.9 Å². The van der Waals surface area contributed by atoms with E-state index in [0.29, 0.717) is 45.5 Å². The summed E-state index contributed by atoms with van der Waals surface area (Å²) in [7, 11) is -8.34. The van der Waals surface area contributed by atoms with Crippen molar-refractivity contribution >= 4 is 78.1 Å². The van der Waals surface area contributed by atoms with E-state index < -0.39 is 31.9 Å². The second kappa shape index (κ2) is 30.2. The molecule has 0 aliphatic carbocycles. The van der Waals surface area contributed by atoms with Crippen molar-refractivity contribution in [3.8, 4) is 0 Å². The topological polar surface area (TPSA) is 266 Å². The van der Waals surface area contributed by atoms with Crippen LogP contribution >= 0.6 is 0 Å². The maximum absolute atomic E-state index is 13.7. The molecule has 0 aliphatic heterocycles. The van der Waals surface area contributed by atoms with Crippen LogP contribution in [0.1, 0.15) is 150 Å². The fourth-order valence-corrected chi connectivity index (χ4v) is 12.2. The summed E-state index contributed by atoms with van der Waals surface area (Å²) in [6.45, 7) is 15.7. The summed E-state index contributed by atoms with van der Waals surface area (Å²) in [5, 5.41) is 5.82. The van der Waals surface area contributed by atoms with Crippen LogP contribution in [0.25, 0.3) is 0 Å². The zero-order valence-electron chi connectivity index (χ0n) is 48.3. The van der Waals surface area contributed by atoms with E-state index in [1.54, 1.807) is 49.0 Å². The molecule has 0 aliphatic rings. The van der Waals surface area contributed by atoms with Crippen LogP contribution < -0.4 is 50.9 Å². The lowest BCUT2D eigenvalue weighted by Crippen LogP contribution is -2.44. The van der Waals surface area contributed by atoms with Crippen LogP contribution in [-0.2, 0) is 52.3 Å². The van der Waals surface area contributed by atoms with Gasteiger partial charge < -0.3 is 10.6 Å². The van der Waals surface area contributed by atoms with E-state index in [2.05, 4.69) is 104 Å². The fraction of sp³-hybridized carbons (Fsp3) is 0.400. The van der Waals surface area contributed by atoms with Gasteiger partial charge in [-0.2, -0.15) is 9.13 Å². The monoisotopic (exact) mass is 1160 g/mol. The molecule has 0 radical (unpaired) electrons. The number of hydrogen-bond donors (Lipinski definition) is 8. The molecule has 0 bridgehead atoms. The molecule has 438 valence electrons. The molecule has 0 saturated carbocycles. The number of anilines is 6. The van der Waals surface area contributed by atoms with Crippen molar-refractivity contribution in [3.05, 3.63) is 143 Å². The van der Waals surface area contributed by atoms with Crippen LogP contribution in [0, 0.1) is 27.7 Å². The van der Waals surface area contributed by atoms with Gasteiger partial charge in [-0.3, -0.25) is 50.3 Å². The molecule has 0 atom stereocenters. The molecule has 0 unspecified atom stereocenters. The molecule has 4 heterocycles. The first kappa shape index (κ1) is 63.2. The Bertz CT molecular complexity index is 3120. The highest BCUT2D eigenvalue weighted by atomic mass is 32.2. The van der Waals surface area contributed by atoms with Crippen molar-refractivity contribution in [1.29, 1.82) is 0 Å². The van der Waals surface area contributed by atoms with E-state index in [-0.39, 0.29) is 57.7 Å². The van der Waals surface area contributed by atoms with Crippen LogP contribution in [0.2, 0.25) is 0 Å². The van der Waals surface area contributed by atoms with Gasteiger partial charge in [0, 0.05) is 35.6 Å². The van der Waals surface area contributed by atoms with E-state index >= 15 is 0 Å². The summed E-state index contributed by atoms with van der Waals surface area (Å²) in [6.07, 6.45) is 23.8. The van der Waals surface area contributed by atoms with Gasteiger partial charge in [-0.25, -0.2) is 26.8 Å². The van der Waals surface area contributed by atoms with Crippen LogP contribution in [0.5, 0.6) is 0 Å². The number of nitrogens with zero attached hydrogens (tertiary/aromatic N) is 4. The van der Waals surface area contributed by atoms with E-state index in [1.807, 2.05) is 24.8 Å². The quantitative estimate of drug-likeness (QED) is 0.0119. The number of unbranched alkanes of at least 4 members (excludes halogenated alkanes) is 4. The Morgan fingerprint density at radius 1 is 0.476 bits per heavy atom. The molecule has 4 aromatic heterocycles. The van der Waals surface area contributed by atoms with Gasteiger partial charge in [0.15, 0.2) is 24.8 Å². The van der Waals surface area contributed by atoms with Crippen LogP contribution in [0.4, 0.5) is 34.4 Å². The Kier molecular flexibility index (Phi) is 23.3. The van der Waals surface area contributed by atoms with E-state index in [9.17, 15) is 36.0 Å². The smallest absolute Gasteiger partial charge is 0.320 e. The summed E-state index contributed by atoms with van der Waals surface area (Å²) in [5.74, 6) is -1.77.